The van der Waals surface area contributed by atoms with Crippen LogP contribution < -0.4 is 0 Å². The Hall–Kier alpha value is -0.240. The highest BCUT2D eigenvalue weighted by molar-refractivity contribution is 14.1. The standard InChI is InChI=1S/C13H14Cl2INO3/c14-10-2-1-8(5-11(10)15)9-7-17(13(18)19)3-4-20-12(9)6-16/h1-2,5,9,12H,3-4,6-7H2,(H,18,19)/t9-,12-/m1/s1. The van der Waals surface area contributed by atoms with Crippen molar-refractivity contribution in [1.29, 1.82) is 0 Å². The van der Waals surface area contributed by atoms with Crippen molar-refractivity contribution in [3.8, 4) is 0 Å². The van der Waals surface area contributed by atoms with Crippen LogP contribution in [0.1, 0.15) is 11.5 Å². The quantitative estimate of drug-likeness (QED) is 0.573. The maximum atomic E-state index is 11.2. The monoisotopic (exact) mass is 429 g/mol. The molecule has 1 aromatic carbocycles. The highest BCUT2D eigenvalue weighted by Gasteiger charge is 2.30. The van der Waals surface area contributed by atoms with Crippen LogP contribution in [0, 0.1) is 0 Å². The van der Waals surface area contributed by atoms with Gasteiger partial charge in [-0.2, -0.15) is 0 Å². The van der Waals surface area contributed by atoms with E-state index >= 15 is 0 Å². The lowest BCUT2D eigenvalue weighted by molar-refractivity contribution is 0.0694. The molecule has 2 rings (SSSR count). The molecule has 1 saturated heterocycles. The number of alkyl halides is 1. The zero-order valence-corrected chi connectivity index (χ0v) is 14.2. The van der Waals surface area contributed by atoms with E-state index in [9.17, 15) is 9.90 Å². The Morgan fingerprint density at radius 3 is 2.80 bits per heavy atom. The number of carboxylic acid groups (broad SMARTS) is 1. The van der Waals surface area contributed by atoms with Gasteiger partial charge in [0.2, 0.25) is 0 Å². The zero-order valence-electron chi connectivity index (χ0n) is 10.6. The Kier molecular flexibility index (Phi) is 5.77. The fourth-order valence-corrected chi connectivity index (χ4v) is 3.44. The topological polar surface area (TPSA) is 49.8 Å². The maximum absolute atomic E-state index is 11.2. The summed E-state index contributed by atoms with van der Waals surface area (Å²) in [6.45, 7) is 1.21. The molecule has 1 N–H and O–H groups in total. The number of hydrogen-bond donors (Lipinski definition) is 1. The molecule has 7 heteroatoms. The summed E-state index contributed by atoms with van der Waals surface area (Å²) in [5.74, 6) is -0.0414. The summed E-state index contributed by atoms with van der Waals surface area (Å²) in [5, 5.41) is 10.2. The molecule has 1 aliphatic heterocycles. The predicted molar refractivity (Wildman–Crippen MR) is 87.4 cm³/mol. The lowest BCUT2D eigenvalue weighted by Gasteiger charge is -2.26. The molecule has 1 heterocycles. The second-order valence-electron chi connectivity index (χ2n) is 4.57. The van der Waals surface area contributed by atoms with E-state index in [1.54, 1.807) is 12.1 Å². The van der Waals surface area contributed by atoms with E-state index in [4.69, 9.17) is 27.9 Å². The molecule has 20 heavy (non-hydrogen) atoms. The first-order valence-corrected chi connectivity index (χ1v) is 8.41. The van der Waals surface area contributed by atoms with Crippen LogP contribution in [0.2, 0.25) is 10.0 Å². The van der Waals surface area contributed by atoms with Crippen LogP contribution in [0.5, 0.6) is 0 Å². The van der Waals surface area contributed by atoms with E-state index in [-0.39, 0.29) is 12.0 Å². The summed E-state index contributed by atoms with van der Waals surface area (Å²) < 4.78 is 6.57. The highest BCUT2D eigenvalue weighted by atomic mass is 127. The van der Waals surface area contributed by atoms with Gasteiger partial charge in [0.05, 0.1) is 22.8 Å². The normalized spacial score (nSPS) is 23.4. The van der Waals surface area contributed by atoms with Crippen molar-refractivity contribution in [2.24, 2.45) is 0 Å². The number of rotatable bonds is 2. The molecular weight excluding hydrogens is 416 g/mol. The summed E-state index contributed by atoms with van der Waals surface area (Å²) in [6, 6.07) is 5.41. The molecule has 0 aliphatic carbocycles. The minimum Gasteiger partial charge on any atom is -0.465 e. The van der Waals surface area contributed by atoms with Gasteiger partial charge in [0.25, 0.3) is 0 Å². The summed E-state index contributed by atoms with van der Waals surface area (Å²) in [7, 11) is 0. The van der Waals surface area contributed by atoms with Crippen LogP contribution in [0.25, 0.3) is 0 Å². The molecule has 2 atom stereocenters. The molecule has 110 valence electrons. The Morgan fingerprint density at radius 2 is 2.20 bits per heavy atom. The fraction of sp³-hybridized carbons (Fsp3) is 0.462. The molecule has 1 amide bonds. The average Bonchev–Trinajstić information content (AvgIpc) is 2.64. The van der Waals surface area contributed by atoms with Crippen LogP contribution in [0.15, 0.2) is 18.2 Å². The molecule has 1 aromatic rings. The van der Waals surface area contributed by atoms with Gasteiger partial charge in [-0.1, -0.05) is 51.9 Å². The first-order chi connectivity index (χ1) is 9.52. The zero-order chi connectivity index (χ0) is 14.7. The molecular formula is C13H14Cl2INO3. The van der Waals surface area contributed by atoms with Crippen molar-refractivity contribution in [3.05, 3.63) is 33.8 Å². The van der Waals surface area contributed by atoms with E-state index in [0.29, 0.717) is 29.7 Å². The SMILES string of the molecule is O=C(O)N1CCO[C@H](CI)[C@@H](c2ccc(Cl)c(Cl)c2)C1. The number of amides is 1. The Bertz CT molecular complexity index is 501. The van der Waals surface area contributed by atoms with E-state index in [0.717, 1.165) is 9.99 Å². The largest absolute Gasteiger partial charge is 0.465 e. The van der Waals surface area contributed by atoms with E-state index in [1.807, 2.05) is 6.07 Å². The molecule has 0 aromatic heterocycles. The second-order valence-corrected chi connectivity index (χ2v) is 6.27. The molecule has 1 fully saturated rings. The molecule has 0 bridgehead atoms. The van der Waals surface area contributed by atoms with E-state index < -0.39 is 6.09 Å². The third kappa shape index (κ3) is 3.69. The number of halogens is 3. The first-order valence-electron chi connectivity index (χ1n) is 6.13. The van der Waals surface area contributed by atoms with Gasteiger partial charge in [-0.3, -0.25) is 0 Å². The van der Waals surface area contributed by atoms with Gasteiger partial charge in [-0.15, -0.1) is 0 Å². The molecule has 1 aliphatic rings. The molecule has 0 unspecified atom stereocenters. The minimum atomic E-state index is -0.923. The van der Waals surface area contributed by atoms with Crippen molar-refractivity contribution >= 4 is 51.9 Å². The van der Waals surface area contributed by atoms with Crippen molar-refractivity contribution in [2.75, 3.05) is 24.1 Å². The van der Waals surface area contributed by atoms with Crippen LogP contribution in [-0.4, -0.2) is 46.3 Å². The van der Waals surface area contributed by atoms with E-state index in [2.05, 4.69) is 22.6 Å². The molecule has 0 spiro atoms. The van der Waals surface area contributed by atoms with E-state index in [1.165, 1.54) is 4.90 Å². The third-order valence-corrected chi connectivity index (χ3v) is 4.96. The third-order valence-electron chi connectivity index (χ3n) is 3.35. The molecule has 4 nitrogen and oxygen atoms in total. The van der Waals surface area contributed by atoms with Crippen LogP contribution in [-0.2, 0) is 4.74 Å². The number of hydrogen-bond acceptors (Lipinski definition) is 2. The van der Waals surface area contributed by atoms with Crippen molar-refractivity contribution in [2.45, 2.75) is 12.0 Å². The summed E-state index contributed by atoms with van der Waals surface area (Å²) >= 11 is 14.2. The highest BCUT2D eigenvalue weighted by Crippen LogP contribution is 2.31. The average molecular weight is 430 g/mol. The molecule has 0 radical (unpaired) electrons. The van der Waals surface area contributed by atoms with Gasteiger partial charge in [-0.05, 0) is 17.7 Å². The smallest absolute Gasteiger partial charge is 0.407 e. The molecule has 0 saturated carbocycles. The predicted octanol–water partition coefficient (Wildman–Crippen LogP) is 3.89. The lowest BCUT2D eigenvalue weighted by atomic mass is 9.94. The van der Waals surface area contributed by atoms with Crippen LogP contribution in [0.4, 0.5) is 4.79 Å². The van der Waals surface area contributed by atoms with Crippen molar-refractivity contribution < 1.29 is 14.6 Å². The number of ether oxygens (including phenoxy) is 1. The lowest BCUT2D eigenvalue weighted by Crippen LogP contribution is -2.35. The van der Waals surface area contributed by atoms with Gasteiger partial charge >= 0.3 is 6.09 Å². The number of carbonyl (C=O) groups is 1. The van der Waals surface area contributed by atoms with Gasteiger partial charge < -0.3 is 14.7 Å². The summed E-state index contributed by atoms with van der Waals surface area (Å²) in [6.07, 6.45) is -0.954. The Balaban J connectivity index is 2.31. The number of benzene rings is 1. The van der Waals surface area contributed by atoms with Gasteiger partial charge in [0.15, 0.2) is 0 Å². The van der Waals surface area contributed by atoms with Crippen LogP contribution in [0.3, 0.4) is 0 Å². The van der Waals surface area contributed by atoms with Gasteiger partial charge in [0.1, 0.15) is 0 Å². The maximum Gasteiger partial charge on any atom is 0.407 e. The minimum absolute atomic E-state index is 0.0304. The summed E-state index contributed by atoms with van der Waals surface area (Å²) in [4.78, 5) is 12.6. The number of nitrogens with zero attached hydrogens (tertiary/aromatic N) is 1. The fourth-order valence-electron chi connectivity index (χ4n) is 2.27. The Morgan fingerprint density at radius 1 is 1.45 bits per heavy atom. The Labute approximate surface area is 141 Å². The first kappa shape index (κ1) is 16.1. The van der Waals surface area contributed by atoms with Crippen molar-refractivity contribution in [3.63, 3.8) is 0 Å². The summed E-state index contributed by atoms with van der Waals surface area (Å²) in [5.41, 5.74) is 0.953. The van der Waals surface area contributed by atoms with Crippen molar-refractivity contribution in [1.82, 2.24) is 4.90 Å². The second kappa shape index (κ2) is 7.15. The van der Waals surface area contributed by atoms with Gasteiger partial charge in [0, 0.05) is 23.4 Å². The van der Waals surface area contributed by atoms with Gasteiger partial charge in [-0.25, -0.2) is 4.79 Å². The van der Waals surface area contributed by atoms with Crippen LogP contribution >= 0.6 is 45.8 Å².